The summed E-state index contributed by atoms with van der Waals surface area (Å²) in [5.74, 6) is -0.367. The first-order chi connectivity index (χ1) is 9.65. The molecule has 1 aromatic carbocycles. The molecular weight excluding hydrogens is 292 g/mol. The number of nitrogens with one attached hydrogen (secondary N) is 1. The van der Waals surface area contributed by atoms with Crippen molar-refractivity contribution in [1.82, 2.24) is 5.32 Å². The number of hydrogen-bond donors (Lipinski definition) is 3. The molecule has 1 unspecified atom stereocenters. The summed E-state index contributed by atoms with van der Waals surface area (Å²) >= 11 is 0. The van der Waals surface area contributed by atoms with Gasteiger partial charge in [-0.1, -0.05) is 29.8 Å². The topological polar surface area (TPSA) is 109 Å². The zero-order valence-electron chi connectivity index (χ0n) is 11.8. The highest BCUT2D eigenvalue weighted by Gasteiger charge is 2.26. The standard InChI is InChI=1S/C7H10N2O.C7H8O3S/c1-7(6(8)10)4-2-3-5-9-7;1-6-2-4-7(5-3-6)11(8,9)10/h2-5,9H,1H3,(H2,8,10);2-5H,1H3,(H,8,9,10). The van der Waals surface area contributed by atoms with Gasteiger partial charge in [0.25, 0.3) is 10.1 Å². The Morgan fingerprint density at radius 3 is 2.14 bits per heavy atom. The molecule has 0 saturated heterocycles. The van der Waals surface area contributed by atoms with Crippen molar-refractivity contribution in [1.29, 1.82) is 0 Å². The highest BCUT2D eigenvalue weighted by Crippen LogP contribution is 2.09. The molecule has 1 aliphatic rings. The van der Waals surface area contributed by atoms with Gasteiger partial charge in [0.2, 0.25) is 5.91 Å². The normalized spacial score (nSPS) is 20.1. The van der Waals surface area contributed by atoms with Gasteiger partial charge in [0.15, 0.2) is 0 Å². The van der Waals surface area contributed by atoms with Crippen LogP contribution in [0.15, 0.2) is 53.6 Å². The summed E-state index contributed by atoms with van der Waals surface area (Å²) in [5.41, 5.74) is 5.37. The van der Waals surface area contributed by atoms with Crippen molar-refractivity contribution in [2.45, 2.75) is 24.3 Å². The van der Waals surface area contributed by atoms with E-state index in [9.17, 15) is 13.2 Å². The van der Waals surface area contributed by atoms with Crippen molar-refractivity contribution in [3.05, 3.63) is 54.3 Å². The Kier molecular flexibility index (Phi) is 5.28. The number of primary amides is 1. The van der Waals surface area contributed by atoms with Crippen molar-refractivity contribution in [3.63, 3.8) is 0 Å². The van der Waals surface area contributed by atoms with Crippen LogP contribution in [0.3, 0.4) is 0 Å². The van der Waals surface area contributed by atoms with Crippen LogP contribution in [0.25, 0.3) is 0 Å². The molecule has 2 rings (SSSR count). The Balaban J connectivity index is 0.000000211. The van der Waals surface area contributed by atoms with Gasteiger partial charge in [-0.15, -0.1) is 0 Å². The summed E-state index contributed by atoms with van der Waals surface area (Å²) in [5, 5.41) is 2.85. The summed E-state index contributed by atoms with van der Waals surface area (Å²) in [6.07, 6.45) is 7.03. The largest absolute Gasteiger partial charge is 0.374 e. The molecule has 0 fully saturated rings. The summed E-state index contributed by atoms with van der Waals surface area (Å²) in [6, 6.07) is 5.99. The van der Waals surface area contributed by atoms with E-state index < -0.39 is 15.7 Å². The summed E-state index contributed by atoms with van der Waals surface area (Å²) < 4.78 is 29.6. The zero-order valence-corrected chi connectivity index (χ0v) is 12.6. The third kappa shape index (κ3) is 5.05. The average molecular weight is 310 g/mol. The second kappa shape index (κ2) is 6.55. The number of carbonyl (C=O) groups excluding carboxylic acids is 1. The number of benzene rings is 1. The van der Waals surface area contributed by atoms with Gasteiger partial charge in [0, 0.05) is 0 Å². The number of aryl methyl sites for hydroxylation is 1. The van der Waals surface area contributed by atoms with Crippen LogP contribution in [0.4, 0.5) is 0 Å². The van der Waals surface area contributed by atoms with Gasteiger partial charge in [-0.05, 0) is 38.3 Å². The fourth-order valence-corrected chi connectivity index (χ4v) is 1.92. The van der Waals surface area contributed by atoms with Gasteiger partial charge >= 0.3 is 0 Å². The Bertz CT molecular complexity index is 663. The Morgan fingerprint density at radius 1 is 1.24 bits per heavy atom. The molecule has 4 N–H and O–H groups in total. The van der Waals surface area contributed by atoms with E-state index in [4.69, 9.17) is 10.3 Å². The van der Waals surface area contributed by atoms with E-state index in [1.807, 2.05) is 13.0 Å². The van der Waals surface area contributed by atoms with Crippen LogP contribution in [0, 0.1) is 6.92 Å². The van der Waals surface area contributed by atoms with E-state index >= 15 is 0 Å². The lowest BCUT2D eigenvalue weighted by molar-refractivity contribution is -0.121. The molecule has 6 nitrogen and oxygen atoms in total. The molecule has 21 heavy (non-hydrogen) atoms. The number of dihydropyridines is 1. The molecule has 0 aliphatic carbocycles. The van der Waals surface area contributed by atoms with Gasteiger partial charge in [-0.25, -0.2) is 0 Å². The minimum Gasteiger partial charge on any atom is -0.374 e. The van der Waals surface area contributed by atoms with Crippen LogP contribution in [-0.2, 0) is 14.9 Å². The summed E-state index contributed by atoms with van der Waals surface area (Å²) in [4.78, 5) is 10.7. The molecule has 1 aliphatic heterocycles. The highest BCUT2D eigenvalue weighted by atomic mass is 32.2. The lowest BCUT2D eigenvalue weighted by atomic mass is 10.00. The fourth-order valence-electron chi connectivity index (χ4n) is 1.44. The zero-order chi connectivity index (χ0) is 16.1. The van der Waals surface area contributed by atoms with Crippen molar-refractivity contribution in [3.8, 4) is 0 Å². The maximum atomic E-state index is 10.8. The van der Waals surface area contributed by atoms with Gasteiger partial charge in [-0.2, -0.15) is 8.42 Å². The SMILES string of the molecule is CC1(C(N)=O)C=CC=CN1.Cc1ccc(S(=O)(=O)O)cc1. The van der Waals surface area contributed by atoms with Crippen LogP contribution in [0.2, 0.25) is 0 Å². The monoisotopic (exact) mass is 310 g/mol. The molecule has 0 bridgehead atoms. The summed E-state index contributed by atoms with van der Waals surface area (Å²) in [7, 11) is -4.02. The van der Waals surface area contributed by atoms with E-state index in [2.05, 4.69) is 5.32 Å². The van der Waals surface area contributed by atoms with E-state index in [0.717, 1.165) is 5.56 Å². The lowest BCUT2D eigenvalue weighted by Crippen LogP contribution is -2.50. The third-order valence-electron chi connectivity index (χ3n) is 2.85. The van der Waals surface area contributed by atoms with Crippen LogP contribution < -0.4 is 11.1 Å². The average Bonchev–Trinajstić information content (AvgIpc) is 2.39. The molecule has 1 heterocycles. The molecule has 1 aromatic rings. The van der Waals surface area contributed by atoms with Crippen molar-refractivity contribution < 1.29 is 17.8 Å². The van der Waals surface area contributed by atoms with Crippen LogP contribution in [0.1, 0.15) is 12.5 Å². The number of amides is 1. The second-order valence-corrected chi connectivity index (χ2v) is 6.14. The summed E-state index contributed by atoms with van der Waals surface area (Å²) in [6.45, 7) is 3.57. The van der Waals surface area contributed by atoms with Crippen molar-refractivity contribution in [2.75, 3.05) is 0 Å². The molecule has 0 spiro atoms. The maximum absolute atomic E-state index is 10.8. The first kappa shape index (κ1) is 16.9. The second-order valence-electron chi connectivity index (χ2n) is 4.72. The molecule has 0 radical (unpaired) electrons. The molecule has 1 amide bonds. The molecule has 0 aromatic heterocycles. The highest BCUT2D eigenvalue weighted by molar-refractivity contribution is 7.85. The molecular formula is C14H18N2O4S. The predicted octanol–water partition coefficient (Wildman–Crippen LogP) is 1.15. The van der Waals surface area contributed by atoms with E-state index in [-0.39, 0.29) is 10.8 Å². The van der Waals surface area contributed by atoms with Crippen LogP contribution >= 0.6 is 0 Å². The van der Waals surface area contributed by atoms with E-state index in [1.165, 1.54) is 12.1 Å². The molecule has 114 valence electrons. The first-order valence-corrected chi connectivity index (χ1v) is 7.55. The van der Waals surface area contributed by atoms with Gasteiger partial charge in [0.05, 0.1) is 4.90 Å². The fraction of sp³-hybridized carbons (Fsp3) is 0.214. The number of nitrogens with two attached hydrogens (primary N) is 1. The number of allylic oxidation sites excluding steroid dienone is 2. The molecule has 0 saturated carbocycles. The first-order valence-electron chi connectivity index (χ1n) is 6.11. The van der Waals surface area contributed by atoms with Gasteiger partial charge < -0.3 is 11.1 Å². The number of rotatable bonds is 2. The van der Waals surface area contributed by atoms with Crippen molar-refractivity contribution in [2.24, 2.45) is 5.73 Å². The van der Waals surface area contributed by atoms with E-state index in [1.54, 1.807) is 37.4 Å². The van der Waals surface area contributed by atoms with Gasteiger partial charge in [0.1, 0.15) is 5.54 Å². The maximum Gasteiger partial charge on any atom is 0.294 e. The van der Waals surface area contributed by atoms with Gasteiger partial charge in [-0.3, -0.25) is 9.35 Å². The van der Waals surface area contributed by atoms with E-state index in [0.29, 0.717) is 0 Å². The Labute approximate surface area is 124 Å². The smallest absolute Gasteiger partial charge is 0.294 e. The van der Waals surface area contributed by atoms with Crippen molar-refractivity contribution >= 4 is 16.0 Å². The lowest BCUT2D eigenvalue weighted by Gasteiger charge is -2.24. The molecule has 7 heteroatoms. The third-order valence-corrected chi connectivity index (χ3v) is 3.72. The Morgan fingerprint density at radius 2 is 1.81 bits per heavy atom. The van der Waals surface area contributed by atoms with Crippen LogP contribution in [0.5, 0.6) is 0 Å². The molecule has 1 atom stereocenters. The van der Waals surface area contributed by atoms with Crippen LogP contribution in [-0.4, -0.2) is 24.4 Å². The number of hydrogen-bond acceptors (Lipinski definition) is 4. The quantitative estimate of drug-likeness (QED) is 0.710. The number of carbonyl (C=O) groups is 1. The minimum absolute atomic E-state index is 0.0666. The Hall–Kier alpha value is -2.12. The minimum atomic E-state index is -4.02. The predicted molar refractivity (Wildman–Crippen MR) is 80.0 cm³/mol.